The first-order valence-electron chi connectivity index (χ1n) is 5.53. The first kappa shape index (κ1) is 15.8. The van der Waals surface area contributed by atoms with Crippen molar-refractivity contribution in [3.8, 4) is 0 Å². The van der Waals surface area contributed by atoms with E-state index in [-0.39, 0.29) is 16.5 Å². The van der Waals surface area contributed by atoms with Gasteiger partial charge in [0.2, 0.25) is 5.91 Å². The normalized spacial score (nSPS) is 11.9. The number of anilines is 1. The molecule has 0 radical (unpaired) electrons. The maximum Gasteiger partial charge on any atom is 0.335 e. The van der Waals surface area contributed by atoms with E-state index in [1.807, 2.05) is 6.26 Å². The minimum absolute atomic E-state index is 0.0143. The van der Waals surface area contributed by atoms with Gasteiger partial charge >= 0.3 is 5.97 Å². The van der Waals surface area contributed by atoms with Crippen molar-refractivity contribution in [1.29, 1.82) is 0 Å². The average Bonchev–Trinajstić information content (AvgIpc) is 2.34. The lowest BCUT2D eigenvalue weighted by Crippen LogP contribution is -2.36. The maximum absolute atomic E-state index is 11.8. The molecule has 0 aliphatic rings. The number of carbonyl (C=O) groups is 2. The van der Waals surface area contributed by atoms with Crippen molar-refractivity contribution in [2.75, 3.05) is 17.3 Å². The van der Waals surface area contributed by atoms with Gasteiger partial charge in [0.05, 0.1) is 11.6 Å². The summed E-state index contributed by atoms with van der Waals surface area (Å²) in [6.45, 7) is 0. The van der Waals surface area contributed by atoms with E-state index in [4.69, 9.17) is 22.4 Å². The number of hydrogen-bond donors (Lipinski definition) is 3. The summed E-state index contributed by atoms with van der Waals surface area (Å²) >= 11 is 7.40. The molecule has 0 bridgehead atoms. The van der Waals surface area contributed by atoms with E-state index in [1.54, 1.807) is 11.8 Å². The summed E-state index contributed by atoms with van der Waals surface area (Å²) in [7, 11) is 0. The molecule has 1 amide bonds. The number of carboxylic acid groups (broad SMARTS) is 1. The van der Waals surface area contributed by atoms with Gasteiger partial charge in [0, 0.05) is 10.7 Å². The number of thioether (sulfide) groups is 1. The van der Waals surface area contributed by atoms with Crippen molar-refractivity contribution in [1.82, 2.24) is 0 Å². The molecule has 0 fully saturated rings. The van der Waals surface area contributed by atoms with Crippen LogP contribution in [0, 0.1) is 0 Å². The van der Waals surface area contributed by atoms with E-state index in [1.165, 1.54) is 18.2 Å². The van der Waals surface area contributed by atoms with Crippen LogP contribution in [0.25, 0.3) is 0 Å². The lowest BCUT2D eigenvalue weighted by Gasteiger charge is -2.12. The molecule has 0 aromatic heterocycles. The van der Waals surface area contributed by atoms with E-state index in [2.05, 4.69) is 5.32 Å². The van der Waals surface area contributed by atoms with Crippen LogP contribution in [0.1, 0.15) is 16.8 Å². The Morgan fingerprint density at radius 2 is 2.16 bits per heavy atom. The second-order valence-electron chi connectivity index (χ2n) is 3.91. The molecule has 1 rings (SSSR count). The van der Waals surface area contributed by atoms with E-state index in [0.717, 1.165) is 5.75 Å². The van der Waals surface area contributed by atoms with E-state index >= 15 is 0 Å². The van der Waals surface area contributed by atoms with Gasteiger partial charge in [0.1, 0.15) is 0 Å². The van der Waals surface area contributed by atoms with Crippen LogP contribution >= 0.6 is 23.4 Å². The lowest BCUT2D eigenvalue weighted by atomic mass is 10.2. The first-order chi connectivity index (χ1) is 8.93. The smallest absolute Gasteiger partial charge is 0.335 e. The number of aromatic carboxylic acids is 1. The van der Waals surface area contributed by atoms with Gasteiger partial charge < -0.3 is 16.2 Å². The van der Waals surface area contributed by atoms with Crippen molar-refractivity contribution in [3.05, 3.63) is 28.8 Å². The molecule has 0 unspecified atom stereocenters. The van der Waals surface area contributed by atoms with Gasteiger partial charge in [-0.05, 0) is 36.6 Å². The molecule has 0 saturated carbocycles. The number of amides is 1. The van der Waals surface area contributed by atoms with Crippen molar-refractivity contribution >= 4 is 40.9 Å². The van der Waals surface area contributed by atoms with Crippen molar-refractivity contribution in [2.45, 2.75) is 12.5 Å². The second kappa shape index (κ2) is 7.37. The largest absolute Gasteiger partial charge is 0.478 e. The lowest BCUT2D eigenvalue weighted by molar-refractivity contribution is -0.117. The highest BCUT2D eigenvalue weighted by Crippen LogP contribution is 2.19. The summed E-state index contributed by atoms with van der Waals surface area (Å²) in [5.41, 5.74) is 6.05. The Balaban J connectivity index is 2.76. The van der Waals surface area contributed by atoms with E-state index in [0.29, 0.717) is 12.1 Å². The number of carboxylic acids is 1. The Morgan fingerprint density at radius 1 is 1.47 bits per heavy atom. The van der Waals surface area contributed by atoms with Gasteiger partial charge in [-0.1, -0.05) is 11.6 Å². The van der Waals surface area contributed by atoms with Gasteiger partial charge in [-0.2, -0.15) is 11.8 Å². The van der Waals surface area contributed by atoms with Gasteiger partial charge in [-0.25, -0.2) is 4.79 Å². The van der Waals surface area contributed by atoms with Crippen molar-refractivity contribution in [2.24, 2.45) is 5.73 Å². The monoisotopic (exact) mass is 302 g/mol. The van der Waals surface area contributed by atoms with Crippen molar-refractivity contribution < 1.29 is 14.7 Å². The number of halogens is 1. The quantitative estimate of drug-likeness (QED) is 0.748. The molecule has 0 aliphatic heterocycles. The predicted molar refractivity (Wildman–Crippen MR) is 78.0 cm³/mol. The van der Waals surface area contributed by atoms with Gasteiger partial charge in [-0.15, -0.1) is 0 Å². The van der Waals surface area contributed by atoms with Crippen LogP contribution in [0.3, 0.4) is 0 Å². The number of rotatable bonds is 6. The van der Waals surface area contributed by atoms with E-state index in [9.17, 15) is 9.59 Å². The zero-order valence-electron chi connectivity index (χ0n) is 10.4. The van der Waals surface area contributed by atoms with Gasteiger partial charge in [-0.3, -0.25) is 4.79 Å². The minimum Gasteiger partial charge on any atom is -0.478 e. The molecule has 1 aromatic carbocycles. The maximum atomic E-state index is 11.8. The zero-order valence-corrected chi connectivity index (χ0v) is 11.9. The molecule has 4 N–H and O–H groups in total. The number of nitrogens with one attached hydrogen (secondary N) is 1. The molecule has 0 spiro atoms. The number of nitrogens with two attached hydrogens (primary N) is 1. The van der Waals surface area contributed by atoms with Crippen LogP contribution < -0.4 is 11.1 Å². The van der Waals surface area contributed by atoms with Crippen LogP contribution in [0.5, 0.6) is 0 Å². The Hall–Kier alpha value is -1.24. The Morgan fingerprint density at radius 3 is 2.74 bits per heavy atom. The van der Waals surface area contributed by atoms with Crippen LogP contribution in [-0.4, -0.2) is 35.0 Å². The molecule has 5 nitrogen and oxygen atoms in total. The molecule has 104 valence electrons. The molecule has 0 saturated heterocycles. The van der Waals surface area contributed by atoms with E-state index < -0.39 is 12.0 Å². The number of carbonyl (C=O) groups excluding carboxylic acids is 1. The SMILES string of the molecule is CSCC[C@H](N)C(=O)Nc1cc(Cl)cc(C(=O)O)c1. The summed E-state index contributed by atoms with van der Waals surface area (Å²) in [6, 6.07) is 3.51. The zero-order chi connectivity index (χ0) is 14.4. The summed E-state index contributed by atoms with van der Waals surface area (Å²) < 4.78 is 0. The van der Waals surface area contributed by atoms with Gasteiger partial charge in [0.25, 0.3) is 0 Å². The second-order valence-corrected chi connectivity index (χ2v) is 5.33. The summed E-state index contributed by atoms with van der Waals surface area (Å²) in [4.78, 5) is 22.6. The molecule has 1 atom stereocenters. The molecular formula is C12H15ClN2O3S. The molecule has 1 aromatic rings. The fourth-order valence-electron chi connectivity index (χ4n) is 1.40. The predicted octanol–water partition coefficient (Wildman–Crippen LogP) is 2.06. The Kier molecular flexibility index (Phi) is 6.14. The highest BCUT2D eigenvalue weighted by Gasteiger charge is 2.14. The highest BCUT2D eigenvalue weighted by atomic mass is 35.5. The third-order valence-corrected chi connectivity index (χ3v) is 3.24. The van der Waals surface area contributed by atoms with Crippen LogP contribution in [-0.2, 0) is 4.79 Å². The topological polar surface area (TPSA) is 92.4 Å². The van der Waals surface area contributed by atoms with Crippen LogP contribution in [0.2, 0.25) is 5.02 Å². The Labute approximate surface area is 120 Å². The van der Waals surface area contributed by atoms with Crippen LogP contribution in [0.4, 0.5) is 5.69 Å². The van der Waals surface area contributed by atoms with Gasteiger partial charge in [0.15, 0.2) is 0 Å². The Bertz CT molecular complexity index is 482. The molecule has 0 heterocycles. The minimum atomic E-state index is -1.11. The summed E-state index contributed by atoms with van der Waals surface area (Å²) in [5, 5.41) is 11.7. The molecular weight excluding hydrogens is 288 g/mol. The standard InChI is InChI=1S/C12H15ClN2O3S/c1-19-3-2-10(14)11(16)15-9-5-7(12(17)18)4-8(13)6-9/h4-6,10H,2-3,14H2,1H3,(H,15,16)(H,17,18)/t10-/m0/s1. The van der Waals surface area contributed by atoms with Crippen LogP contribution in [0.15, 0.2) is 18.2 Å². The fraction of sp³-hybridized carbons (Fsp3) is 0.333. The third-order valence-electron chi connectivity index (χ3n) is 2.38. The number of hydrogen-bond acceptors (Lipinski definition) is 4. The first-order valence-corrected chi connectivity index (χ1v) is 7.30. The molecule has 19 heavy (non-hydrogen) atoms. The summed E-state index contributed by atoms with van der Waals surface area (Å²) in [5.74, 6) is -0.679. The average molecular weight is 303 g/mol. The van der Waals surface area contributed by atoms with Crippen molar-refractivity contribution in [3.63, 3.8) is 0 Å². The highest BCUT2D eigenvalue weighted by molar-refractivity contribution is 7.98. The third kappa shape index (κ3) is 5.10. The number of benzene rings is 1. The summed E-state index contributed by atoms with van der Waals surface area (Å²) in [6.07, 6.45) is 2.49. The molecule has 7 heteroatoms. The molecule has 0 aliphatic carbocycles. The fourth-order valence-corrected chi connectivity index (χ4v) is 2.12.